The fourth-order valence-corrected chi connectivity index (χ4v) is 3.02. The van der Waals surface area contributed by atoms with Gasteiger partial charge in [-0.05, 0) is 24.6 Å². The van der Waals surface area contributed by atoms with E-state index in [1.165, 1.54) is 18.5 Å². The van der Waals surface area contributed by atoms with E-state index >= 15 is 0 Å². The molecule has 0 fully saturated rings. The first-order valence-electron chi connectivity index (χ1n) is 4.74. The molecule has 0 atom stereocenters. The van der Waals surface area contributed by atoms with E-state index in [2.05, 4.69) is 19.9 Å². The maximum absolute atomic E-state index is 12.1. The molecule has 0 unspecified atom stereocenters. The van der Waals surface area contributed by atoms with Crippen molar-refractivity contribution in [2.75, 3.05) is 4.72 Å². The van der Waals surface area contributed by atoms with Gasteiger partial charge in [0.25, 0.3) is 10.0 Å². The summed E-state index contributed by atoms with van der Waals surface area (Å²) in [5.74, 6) is 0.0282. The summed E-state index contributed by atoms with van der Waals surface area (Å²) < 4.78 is 26.4. The first kappa shape index (κ1) is 13.1. The van der Waals surface area contributed by atoms with Gasteiger partial charge in [0, 0.05) is 0 Å². The van der Waals surface area contributed by atoms with Gasteiger partial charge in [-0.25, -0.2) is 18.2 Å². The number of hydrogen-bond acceptors (Lipinski definition) is 4. The van der Waals surface area contributed by atoms with Crippen LogP contribution in [0, 0.1) is 6.92 Å². The molecular formula is C9H8Cl2N4O2S. The van der Waals surface area contributed by atoms with Crippen LogP contribution in [0.2, 0.25) is 10.0 Å². The lowest BCUT2D eigenvalue weighted by molar-refractivity contribution is 0.600. The topological polar surface area (TPSA) is 87.7 Å². The van der Waals surface area contributed by atoms with E-state index < -0.39 is 10.0 Å². The normalized spacial score (nSPS) is 11.5. The Morgan fingerprint density at radius 1 is 1.28 bits per heavy atom. The first-order valence-corrected chi connectivity index (χ1v) is 6.98. The number of anilines is 1. The molecular weight excluding hydrogens is 299 g/mol. The lowest BCUT2D eigenvalue weighted by Crippen LogP contribution is -2.15. The van der Waals surface area contributed by atoms with Crippen LogP contribution < -0.4 is 4.72 Å². The molecule has 2 rings (SSSR count). The number of sulfonamides is 1. The molecule has 6 nitrogen and oxygen atoms in total. The molecule has 0 saturated heterocycles. The summed E-state index contributed by atoms with van der Waals surface area (Å²) in [6, 6.07) is 2.77. The average Bonchev–Trinajstić information content (AvgIpc) is 2.75. The zero-order valence-corrected chi connectivity index (χ0v) is 11.4. The fraction of sp³-hybridized carbons (Fsp3) is 0.111. The van der Waals surface area contributed by atoms with Crippen molar-refractivity contribution in [3.05, 3.63) is 34.1 Å². The van der Waals surface area contributed by atoms with Gasteiger partial charge in [0.1, 0.15) is 6.33 Å². The fourth-order valence-electron chi connectivity index (χ4n) is 1.35. The number of halogens is 2. The van der Waals surface area contributed by atoms with Crippen molar-refractivity contribution < 1.29 is 8.42 Å². The minimum Gasteiger partial charge on any atom is -0.248 e. The number of aromatic nitrogens is 3. The van der Waals surface area contributed by atoms with Gasteiger partial charge in [0.05, 0.1) is 14.9 Å². The average molecular weight is 307 g/mol. The minimum absolute atomic E-state index is 0.0282. The Hall–Kier alpha value is -1.31. The van der Waals surface area contributed by atoms with Crippen LogP contribution in [0.1, 0.15) is 5.56 Å². The van der Waals surface area contributed by atoms with Gasteiger partial charge in [-0.3, -0.25) is 0 Å². The van der Waals surface area contributed by atoms with Gasteiger partial charge in [-0.2, -0.15) is 10.1 Å². The Morgan fingerprint density at radius 3 is 2.56 bits per heavy atom. The molecule has 96 valence electrons. The zero-order valence-electron chi connectivity index (χ0n) is 9.11. The molecule has 0 aliphatic rings. The number of aryl methyl sites for hydroxylation is 1. The Morgan fingerprint density at radius 2 is 1.94 bits per heavy atom. The molecule has 0 radical (unpaired) electrons. The lowest BCUT2D eigenvalue weighted by Gasteiger charge is -2.09. The zero-order chi connectivity index (χ0) is 13.3. The molecule has 0 saturated carbocycles. The third-order valence-corrected chi connectivity index (χ3v) is 4.36. The Bertz CT molecular complexity index is 670. The van der Waals surface area contributed by atoms with E-state index in [-0.39, 0.29) is 15.9 Å². The van der Waals surface area contributed by atoms with Crippen LogP contribution in [0.25, 0.3) is 0 Å². The second-order valence-corrected chi connectivity index (χ2v) is 5.94. The molecule has 0 spiro atoms. The molecule has 1 heterocycles. The number of nitrogens with zero attached hydrogens (tertiary/aromatic N) is 2. The summed E-state index contributed by atoms with van der Waals surface area (Å²) in [5.41, 5.74) is 0.483. The highest BCUT2D eigenvalue weighted by molar-refractivity contribution is 7.92. The summed E-state index contributed by atoms with van der Waals surface area (Å²) in [6.45, 7) is 1.62. The van der Waals surface area contributed by atoms with Gasteiger partial charge >= 0.3 is 0 Å². The highest BCUT2D eigenvalue weighted by Crippen LogP contribution is 2.28. The maximum Gasteiger partial charge on any atom is 0.264 e. The van der Waals surface area contributed by atoms with Crippen LogP contribution in [0.15, 0.2) is 23.4 Å². The van der Waals surface area contributed by atoms with Crippen LogP contribution in [0.4, 0.5) is 5.95 Å². The third kappa shape index (κ3) is 2.58. The predicted octanol–water partition coefficient (Wildman–Crippen LogP) is 2.22. The van der Waals surface area contributed by atoms with Crippen LogP contribution in [0.3, 0.4) is 0 Å². The molecule has 0 aliphatic carbocycles. The first-order chi connectivity index (χ1) is 8.40. The number of rotatable bonds is 3. The Kier molecular flexibility index (Phi) is 3.47. The van der Waals surface area contributed by atoms with Crippen LogP contribution in [-0.4, -0.2) is 23.6 Å². The Labute approximate surface area is 113 Å². The quantitative estimate of drug-likeness (QED) is 0.910. The third-order valence-electron chi connectivity index (χ3n) is 2.15. The highest BCUT2D eigenvalue weighted by atomic mass is 35.5. The molecule has 2 N–H and O–H groups in total. The van der Waals surface area contributed by atoms with Gasteiger partial charge in [-0.1, -0.05) is 23.2 Å². The van der Waals surface area contributed by atoms with Gasteiger partial charge in [0.15, 0.2) is 0 Å². The van der Waals surface area contributed by atoms with Crippen LogP contribution in [-0.2, 0) is 10.0 Å². The van der Waals surface area contributed by atoms with Crippen molar-refractivity contribution in [3.8, 4) is 0 Å². The van der Waals surface area contributed by atoms with Crippen molar-refractivity contribution in [1.29, 1.82) is 0 Å². The number of hydrogen-bond donors (Lipinski definition) is 2. The highest BCUT2D eigenvalue weighted by Gasteiger charge is 2.19. The molecule has 1 aromatic carbocycles. The van der Waals surface area contributed by atoms with Crippen molar-refractivity contribution >= 4 is 39.2 Å². The largest absolute Gasteiger partial charge is 0.264 e. The summed E-state index contributed by atoms with van der Waals surface area (Å²) in [5, 5.41) is 6.41. The van der Waals surface area contributed by atoms with E-state index in [1.807, 2.05) is 0 Å². The minimum atomic E-state index is -3.78. The second-order valence-electron chi connectivity index (χ2n) is 3.47. The number of aromatic amines is 1. The summed E-state index contributed by atoms with van der Waals surface area (Å²) in [7, 11) is -3.78. The van der Waals surface area contributed by atoms with Crippen molar-refractivity contribution in [2.45, 2.75) is 11.8 Å². The Balaban J connectivity index is 2.44. The molecule has 2 aromatic rings. The molecule has 9 heteroatoms. The van der Waals surface area contributed by atoms with Gasteiger partial charge in [-0.15, -0.1) is 0 Å². The summed E-state index contributed by atoms with van der Waals surface area (Å²) in [4.78, 5) is 3.72. The lowest BCUT2D eigenvalue weighted by atomic mass is 10.2. The van der Waals surface area contributed by atoms with Gasteiger partial charge in [0.2, 0.25) is 5.95 Å². The molecule has 1 aromatic heterocycles. The second kappa shape index (κ2) is 4.75. The monoisotopic (exact) mass is 306 g/mol. The molecule has 0 bridgehead atoms. The smallest absolute Gasteiger partial charge is 0.248 e. The summed E-state index contributed by atoms with van der Waals surface area (Å²) >= 11 is 11.6. The SMILES string of the molecule is Cc1cc(Cl)c(Cl)cc1S(=O)(=O)Nc1ncn[nH]1. The summed E-state index contributed by atoms with van der Waals surface area (Å²) in [6.07, 6.45) is 1.19. The van der Waals surface area contributed by atoms with Crippen LogP contribution in [0.5, 0.6) is 0 Å². The maximum atomic E-state index is 12.1. The molecule has 0 amide bonds. The van der Waals surface area contributed by atoms with Crippen molar-refractivity contribution in [2.24, 2.45) is 0 Å². The standard InChI is InChI=1S/C9H8Cl2N4O2S/c1-5-2-6(10)7(11)3-8(5)18(16,17)15-9-12-4-13-14-9/h2-4H,1H3,(H2,12,13,14,15). The van der Waals surface area contributed by atoms with Crippen molar-refractivity contribution in [3.63, 3.8) is 0 Å². The number of nitrogens with one attached hydrogen (secondary N) is 2. The molecule has 18 heavy (non-hydrogen) atoms. The van der Waals surface area contributed by atoms with E-state index in [4.69, 9.17) is 23.2 Å². The van der Waals surface area contributed by atoms with Gasteiger partial charge < -0.3 is 0 Å². The van der Waals surface area contributed by atoms with Crippen molar-refractivity contribution in [1.82, 2.24) is 15.2 Å². The van der Waals surface area contributed by atoms with E-state index in [0.29, 0.717) is 10.6 Å². The van der Waals surface area contributed by atoms with E-state index in [0.717, 1.165) is 0 Å². The number of benzene rings is 1. The van der Waals surface area contributed by atoms with E-state index in [1.54, 1.807) is 6.92 Å². The van der Waals surface area contributed by atoms with E-state index in [9.17, 15) is 8.42 Å². The number of H-pyrrole nitrogens is 1. The molecule has 0 aliphatic heterocycles. The predicted molar refractivity (Wildman–Crippen MR) is 68.4 cm³/mol. The van der Waals surface area contributed by atoms with Crippen LogP contribution >= 0.6 is 23.2 Å².